The number of likely N-dealkylation sites (N-methyl/N-ethyl adjacent to an activating group) is 1. The van der Waals surface area contributed by atoms with Gasteiger partial charge in [0.2, 0.25) is 5.91 Å². The van der Waals surface area contributed by atoms with Gasteiger partial charge >= 0.3 is 0 Å². The second kappa shape index (κ2) is 5.54. The lowest BCUT2D eigenvalue weighted by Crippen LogP contribution is -2.48. The summed E-state index contributed by atoms with van der Waals surface area (Å²) in [5.41, 5.74) is 0.0428. The molecule has 0 spiro atoms. The maximum absolute atomic E-state index is 12.0. The van der Waals surface area contributed by atoms with Gasteiger partial charge in [-0.05, 0) is 32.0 Å². The molecule has 2 N–H and O–H groups in total. The zero-order valence-corrected chi connectivity index (χ0v) is 11.0. The smallest absolute Gasteiger partial charge is 0.236 e. The summed E-state index contributed by atoms with van der Waals surface area (Å²) in [5, 5.41) is 6.63. The molecule has 1 atom stereocenters. The van der Waals surface area contributed by atoms with Gasteiger partial charge in [-0.3, -0.25) is 4.79 Å². The number of carbonyl (C=O) groups excluding carboxylic acids is 1. The lowest BCUT2D eigenvalue weighted by molar-refractivity contribution is -0.130. The first-order valence-corrected chi connectivity index (χ1v) is 6.31. The molecule has 1 unspecified atom stereocenters. The van der Waals surface area contributed by atoms with Crippen LogP contribution in [0.15, 0.2) is 22.8 Å². The van der Waals surface area contributed by atoms with E-state index >= 15 is 0 Å². The van der Waals surface area contributed by atoms with Crippen LogP contribution in [0.2, 0.25) is 0 Å². The Kier molecular flexibility index (Phi) is 4.04. The Morgan fingerprint density at radius 1 is 1.67 bits per heavy atom. The normalized spacial score (nSPS) is 23.2. The highest BCUT2D eigenvalue weighted by Gasteiger charge is 2.28. The molecule has 0 aromatic carbocycles. The highest BCUT2D eigenvalue weighted by molar-refractivity contribution is 5.78. The van der Waals surface area contributed by atoms with Crippen LogP contribution in [0.4, 0.5) is 0 Å². The standard InChI is InChI=1S/C13H21N3O2/c1-13(5-6-14-10-13)15-8-12(17)16(2)9-11-4-3-7-18-11/h3-4,7,14-15H,5-6,8-10H2,1-2H3. The van der Waals surface area contributed by atoms with E-state index in [1.54, 1.807) is 18.2 Å². The number of furan rings is 1. The largest absolute Gasteiger partial charge is 0.467 e. The van der Waals surface area contributed by atoms with Crippen molar-refractivity contribution in [3.8, 4) is 0 Å². The first-order chi connectivity index (χ1) is 8.59. The Bertz CT molecular complexity index is 383. The number of hydrogen-bond donors (Lipinski definition) is 2. The summed E-state index contributed by atoms with van der Waals surface area (Å²) in [4.78, 5) is 13.6. The van der Waals surface area contributed by atoms with Crippen molar-refractivity contribution in [2.75, 3.05) is 26.7 Å². The second-order valence-corrected chi connectivity index (χ2v) is 5.17. The van der Waals surface area contributed by atoms with E-state index in [1.807, 2.05) is 12.1 Å². The van der Waals surface area contributed by atoms with Gasteiger partial charge in [-0.2, -0.15) is 0 Å². The Morgan fingerprint density at radius 2 is 2.50 bits per heavy atom. The summed E-state index contributed by atoms with van der Waals surface area (Å²) in [6.45, 7) is 4.97. The highest BCUT2D eigenvalue weighted by Crippen LogP contribution is 2.12. The number of amides is 1. The molecule has 1 aromatic heterocycles. The van der Waals surface area contributed by atoms with Crippen LogP contribution in [0.5, 0.6) is 0 Å². The fraction of sp³-hybridized carbons (Fsp3) is 0.615. The first kappa shape index (κ1) is 13.1. The minimum Gasteiger partial charge on any atom is -0.467 e. The lowest BCUT2D eigenvalue weighted by atomic mass is 10.0. The third-order valence-electron chi connectivity index (χ3n) is 3.43. The Labute approximate surface area is 108 Å². The molecule has 0 radical (unpaired) electrons. The number of nitrogens with one attached hydrogen (secondary N) is 2. The average molecular weight is 251 g/mol. The number of nitrogens with zero attached hydrogens (tertiary/aromatic N) is 1. The molecule has 1 fully saturated rings. The predicted molar refractivity (Wildman–Crippen MR) is 69.1 cm³/mol. The molecule has 5 heteroatoms. The van der Waals surface area contributed by atoms with Crippen molar-refractivity contribution in [1.29, 1.82) is 0 Å². The van der Waals surface area contributed by atoms with Gasteiger partial charge in [-0.15, -0.1) is 0 Å². The molecular weight excluding hydrogens is 230 g/mol. The number of rotatable bonds is 5. The van der Waals surface area contributed by atoms with Gasteiger partial charge in [0, 0.05) is 19.1 Å². The van der Waals surface area contributed by atoms with Gasteiger partial charge in [0.05, 0.1) is 19.4 Å². The SMILES string of the molecule is CN(Cc1ccco1)C(=O)CNC1(C)CCNC1. The quantitative estimate of drug-likeness (QED) is 0.804. The van der Waals surface area contributed by atoms with Crippen molar-refractivity contribution in [2.24, 2.45) is 0 Å². The van der Waals surface area contributed by atoms with E-state index in [1.165, 1.54) is 0 Å². The third-order valence-corrected chi connectivity index (χ3v) is 3.43. The summed E-state index contributed by atoms with van der Waals surface area (Å²) < 4.78 is 5.23. The van der Waals surface area contributed by atoms with Crippen molar-refractivity contribution in [3.05, 3.63) is 24.2 Å². The van der Waals surface area contributed by atoms with Crippen LogP contribution in [0.1, 0.15) is 19.1 Å². The molecule has 5 nitrogen and oxygen atoms in total. The lowest BCUT2D eigenvalue weighted by Gasteiger charge is -2.25. The second-order valence-electron chi connectivity index (χ2n) is 5.17. The monoisotopic (exact) mass is 251 g/mol. The number of carbonyl (C=O) groups is 1. The Morgan fingerprint density at radius 3 is 3.11 bits per heavy atom. The molecular formula is C13H21N3O2. The van der Waals surface area contributed by atoms with E-state index in [2.05, 4.69) is 17.6 Å². The summed E-state index contributed by atoms with van der Waals surface area (Å²) >= 11 is 0. The predicted octanol–water partition coefficient (Wildman–Crippen LogP) is 0.580. The van der Waals surface area contributed by atoms with Gasteiger partial charge in [-0.1, -0.05) is 0 Å². The summed E-state index contributed by atoms with van der Waals surface area (Å²) in [7, 11) is 1.79. The molecule has 1 amide bonds. The van der Waals surface area contributed by atoms with Crippen LogP contribution >= 0.6 is 0 Å². The van der Waals surface area contributed by atoms with Crippen molar-refractivity contribution < 1.29 is 9.21 Å². The summed E-state index contributed by atoms with van der Waals surface area (Å²) in [6.07, 6.45) is 2.68. The van der Waals surface area contributed by atoms with Crippen LogP contribution in [0.3, 0.4) is 0 Å². The molecule has 18 heavy (non-hydrogen) atoms. The zero-order valence-electron chi connectivity index (χ0n) is 11.0. The molecule has 2 rings (SSSR count). The van der Waals surface area contributed by atoms with E-state index in [4.69, 9.17) is 4.42 Å². The van der Waals surface area contributed by atoms with Crippen molar-refractivity contribution in [3.63, 3.8) is 0 Å². The zero-order chi connectivity index (χ0) is 13.0. The minimum atomic E-state index is 0.0428. The van der Waals surface area contributed by atoms with Gasteiger partial charge in [-0.25, -0.2) is 0 Å². The van der Waals surface area contributed by atoms with E-state index in [-0.39, 0.29) is 11.4 Å². The average Bonchev–Trinajstić information content (AvgIpc) is 2.98. The maximum atomic E-state index is 12.0. The topological polar surface area (TPSA) is 57.5 Å². The molecule has 1 aromatic rings. The van der Waals surface area contributed by atoms with E-state index in [9.17, 15) is 4.79 Å². The highest BCUT2D eigenvalue weighted by atomic mass is 16.3. The molecule has 1 aliphatic heterocycles. The van der Waals surface area contributed by atoms with Crippen LogP contribution in [0.25, 0.3) is 0 Å². The fourth-order valence-corrected chi connectivity index (χ4v) is 2.12. The van der Waals surface area contributed by atoms with Crippen LogP contribution in [0, 0.1) is 0 Å². The van der Waals surface area contributed by atoms with Crippen molar-refractivity contribution >= 4 is 5.91 Å². The molecule has 0 saturated carbocycles. The van der Waals surface area contributed by atoms with Gasteiger partial charge in [0.25, 0.3) is 0 Å². The fourth-order valence-electron chi connectivity index (χ4n) is 2.12. The van der Waals surface area contributed by atoms with Crippen LogP contribution in [-0.2, 0) is 11.3 Å². The van der Waals surface area contributed by atoms with Crippen LogP contribution in [-0.4, -0.2) is 43.0 Å². The number of hydrogen-bond acceptors (Lipinski definition) is 4. The summed E-state index contributed by atoms with van der Waals surface area (Å²) in [5.74, 6) is 0.888. The van der Waals surface area contributed by atoms with Crippen molar-refractivity contribution in [2.45, 2.75) is 25.4 Å². The van der Waals surface area contributed by atoms with Crippen LogP contribution < -0.4 is 10.6 Å². The van der Waals surface area contributed by atoms with Gasteiger partial charge < -0.3 is 20.0 Å². The Hall–Kier alpha value is -1.33. The van der Waals surface area contributed by atoms with E-state index in [0.717, 1.165) is 25.3 Å². The van der Waals surface area contributed by atoms with E-state index in [0.29, 0.717) is 13.1 Å². The molecule has 1 saturated heterocycles. The molecule has 2 heterocycles. The molecule has 1 aliphatic rings. The van der Waals surface area contributed by atoms with Gasteiger partial charge in [0.15, 0.2) is 0 Å². The molecule has 100 valence electrons. The van der Waals surface area contributed by atoms with Crippen molar-refractivity contribution in [1.82, 2.24) is 15.5 Å². The van der Waals surface area contributed by atoms with Gasteiger partial charge in [0.1, 0.15) is 5.76 Å². The molecule has 0 bridgehead atoms. The maximum Gasteiger partial charge on any atom is 0.236 e. The third kappa shape index (κ3) is 3.34. The Balaban J connectivity index is 1.77. The molecule has 0 aliphatic carbocycles. The summed E-state index contributed by atoms with van der Waals surface area (Å²) in [6, 6.07) is 3.70. The van der Waals surface area contributed by atoms with E-state index < -0.39 is 0 Å². The minimum absolute atomic E-state index is 0.0428. The first-order valence-electron chi connectivity index (χ1n) is 6.31.